The molecule has 1 aliphatic rings. The van der Waals surface area contributed by atoms with Crippen molar-refractivity contribution >= 4 is 29.1 Å². The third kappa shape index (κ3) is 3.55. The Kier molecular flexibility index (Phi) is 5.13. The van der Waals surface area contributed by atoms with E-state index < -0.39 is 5.97 Å². The first kappa shape index (κ1) is 15.8. The number of rotatable bonds is 5. The van der Waals surface area contributed by atoms with Crippen molar-refractivity contribution in [1.29, 1.82) is 0 Å². The van der Waals surface area contributed by atoms with Crippen LogP contribution in [0.4, 0.5) is 0 Å². The first-order chi connectivity index (χ1) is 9.44. The van der Waals surface area contributed by atoms with Crippen molar-refractivity contribution in [2.24, 2.45) is 17.3 Å². The average molecular weight is 313 g/mol. The van der Waals surface area contributed by atoms with Gasteiger partial charge in [0.1, 0.15) is 4.34 Å². The molecule has 2 rings (SSSR count). The summed E-state index contributed by atoms with van der Waals surface area (Å²) in [6, 6.07) is 0. The van der Waals surface area contributed by atoms with E-state index in [2.05, 4.69) is 25.8 Å². The molecule has 1 aromatic heterocycles. The summed E-state index contributed by atoms with van der Waals surface area (Å²) in [6.07, 6.45) is 5.75. The fourth-order valence-electron chi connectivity index (χ4n) is 2.94. The Labute approximate surface area is 129 Å². The van der Waals surface area contributed by atoms with E-state index in [1.54, 1.807) is 29.3 Å². The summed E-state index contributed by atoms with van der Waals surface area (Å²) >= 11 is 3.27. The number of carboxylic acids is 1. The van der Waals surface area contributed by atoms with Crippen molar-refractivity contribution in [3.8, 4) is 0 Å². The molecule has 0 aromatic carbocycles. The van der Waals surface area contributed by atoms with Crippen molar-refractivity contribution in [3.05, 3.63) is 11.6 Å². The van der Waals surface area contributed by atoms with Crippen LogP contribution in [-0.2, 0) is 4.79 Å². The summed E-state index contributed by atoms with van der Waals surface area (Å²) in [4.78, 5) is 15.8. The molecule has 0 bridgehead atoms. The highest BCUT2D eigenvalue weighted by atomic mass is 32.2. The third-order valence-corrected chi connectivity index (χ3v) is 7.06. The van der Waals surface area contributed by atoms with Crippen molar-refractivity contribution in [1.82, 2.24) is 4.98 Å². The van der Waals surface area contributed by atoms with Crippen LogP contribution >= 0.6 is 23.1 Å². The minimum absolute atomic E-state index is 0.156. The lowest BCUT2D eigenvalue weighted by Gasteiger charge is -2.41. The number of aromatic nitrogens is 1. The zero-order valence-corrected chi connectivity index (χ0v) is 14.0. The highest BCUT2D eigenvalue weighted by molar-refractivity contribution is 8.01. The molecule has 1 heterocycles. The zero-order valence-electron chi connectivity index (χ0n) is 12.3. The molecule has 0 saturated heterocycles. The highest BCUT2D eigenvalue weighted by Crippen LogP contribution is 2.47. The highest BCUT2D eigenvalue weighted by Gasteiger charge is 2.40. The van der Waals surface area contributed by atoms with Gasteiger partial charge in [0.15, 0.2) is 0 Å². The summed E-state index contributed by atoms with van der Waals surface area (Å²) in [5.41, 5.74) is 0.297. The maximum absolute atomic E-state index is 11.5. The van der Waals surface area contributed by atoms with E-state index in [9.17, 15) is 9.90 Å². The van der Waals surface area contributed by atoms with E-state index in [4.69, 9.17) is 0 Å². The molecule has 112 valence electrons. The molecule has 1 fully saturated rings. The van der Waals surface area contributed by atoms with E-state index in [0.29, 0.717) is 11.3 Å². The predicted octanol–water partition coefficient (Wildman–Crippen LogP) is 4.54. The summed E-state index contributed by atoms with van der Waals surface area (Å²) < 4.78 is 0.996. The first-order valence-electron chi connectivity index (χ1n) is 7.23. The Hall–Kier alpha value is -0.550. The maximum Gasteiger partial charge on any atom is 0.307 e. The third-order valence-electron chi connectivity index (χ3n) is 4.79. The van der Waals surface area contributed by atoms with Gasteiger partial charge in [-0.2, -0.15) is 0 Å². The molecule has 1 saturated carbocycles. The average Bonchev–Trinajstić information content (AvgIpc) is 2.91. The summed E-state index contributed by atoms with van der Waals surface area (Å²) in [6.45, 7) is 6.85. The Bertz CT molecular complexity index is 445. The van der Waals surface area contributed by atoms with Crippen LogP contribution in [0.1, 0.15) is 46.5 Å². The van der Waals surface area contributed by atoms with Crippen LogP contribution in [0.15, 0.2) is 15.9 Å². The van der Waals surface area contributed by atoms with Crippen LogP contribution in [0.3, 0.4) is 0 Å². The maximum atomic E-state index is 11.5. The molecule has 0 aliphatic heterocycles. The van der Waals surface area contributed by atoms with E-state index in [-0.39, 0.29) is 11.2 Å². The molecule has 0 radical (unpaired) electrons. The van der Waals surface area contributed by atoms with Gasteiger partial charge in [-0.15, -0.1) is 11.3 Å². The van der Waals surface area contributed by atoms with Crippen LogP contribution in [0.25, 0.3) is 0 Å². The molecular formula is C15H23NO2S2. The Morgan fingerprint density at radius 2 is 2.30 bits per heavy atom. The van der Waals surface area contributed by atoms with Gasteiger partial charge < -0.3 is 5.11 Å². The van der Waals surface area contributed by atoms with Gasteiger partial charge >= 0.3 is 5.97 Å². The number of thiazole rings is 1. The van der Waals surface area contributed by atoms with Crippen LogP contribution in [0, 0.1) is 17.3 Å². The molecule has 20 heavy (non-hydrogen) atoms. The van der Waals surface area contributed by atoms with Gasteiger partial charge in [0.25, 0.3) is 0 Å². The SMILES string of the molecule is CCC(C)(C)C1CCC(C(=O)O)C(Sc2nccs2)C1. The van der Waals surface area contributed by atoms with Crippen molar-refractivity contribution in [2.75, 3.05) is 0 Å². The lowest BCUT2D eigenvalue weighted by atomic mass is 9.67. The van der Waals surface area contributed by atoms with Crippen LogP contribution < -0.4 is 0 Å². The minimum Gasteiger partial charge on any atom is -0.481 e. The smallest absolute Gasteiger partial charge is 0.307 e. The van der Waals surface area contributed by atoms with Crippen LogP contribution in [-0.4, -0.2) is 21.3 Å². The molecule has 1 aliphatic carbocycles. The minimum atomic E-state index is -0.646. The molecule has 0 spiro atoms. The van der Waals surface area contributed by atoms with Crippen LogP contribution in [0.2, 0.25) is 0 Å². The molecule has 1 aromatic rings. The van der Waals surface area contributed by atoms with Gasteiger partial charge in [0.05, 0.1) is 5.92 Å². The first-order valence-corrected chi connectivity index (χ1v) is 8.99. The second-order valence-corrected chi connectivity index (χ2v) is 8.63. The molecule has 3 atom stereocenters. The number of thioether (sulfide) groups is 1. The van der Waals surface area contributed by atoms with E-state index in [1.165, 1.54) is 0 Å². The second kappa shape index (κ2) is 6.48. The second-order valence-electron chi connectivity index (χ2n) is 6.25. The van der Waals surface area contributed by atoms with E-state index in [0.717, 1.165) is 30.0 Å². The van der Waals surface area contributed by atoms with Gasteiger partial charge in [-0.3, -0.25) is 4.79 Å². The lowest BCUT2D eigenvalue weighted by Crippen LogP contribution is -2.37. The summed E-state index contributed by atoms with van der Waals surface area (Å²) in [5.74, 6) is -0.264. The fraction of sp³-hybridized carbons (Fsp3) is 0.733. The standard InChI is InChI=1S/C15H23NO2S2/c1-4-15(2,3)10-5-6-11(13(17)18)12(9-10)20-14-16-7-8-19-14/h7-8,10-12H,4-6,9H2,1-3H3,(H,17,18). The topological polar surface area (TPSA) is 50.2 Å². The number of hydrogen-bond donors (Lipinski definition) is 1. The van der Waals surface area contributed by atoms with E-state index >= 15 is 0 Å². The summed E-state index contributed by atoms with van der Waals surface area (Å²) in [5, 5.41) is 11.6. The predicted molar refractivity (Wildman–Crippen MR) is 84.3 cm³/mol. The Balaban J connectivity index is 2.11. The quantitative estimate of drug-likeness (QED) is 0.867. The van der Waals surface area contributed by atoms with Crippen molar-refractivity contribution < 1.29 is 9.90 Å². The van der Waals surface area contributed by atoms with Gasteiger partial charge in [-0.25, -0.2) is 4.98 Å². The Morgan fingerprint density at radius 3 is 2.85 bits per heavy atom. The van der Waals surface area contributed by atoms with Crippen molar-refractivity contribution in [2.45, 2.75) is 56.0 Å². The number of hydrogen-bond acceptors (Lipinski definition) is 4. The fourth-order valence-corrected chi connectivity index (χ4v) is 5.18. The Morgan fingerprint density at radius 1 is 1.55 bits per heavy atom. The lowest BCUT2D eigenvalue weighted by molar-refractivity contribution is -0.143. The van der Waals surface area contributed by atoms with Gasteiger partial charge in [-0.05, 0) is 30.6 Å². The van der Waals surface area contributed by atoms with Crippen molar-refractivity contribution in [3.63, 3.8) is 0 Å². The zero-order chi connectivity index (χ0) is 14.8. The number of aliphatic carboxylic acids is 1. The van der Waals surface area contributed by atoms with Crippen LogP contribution in [0.5, 0.6) is 0 Å². The van der Waals surface area contributed by atoms with Gasteiger partial charge in [0.2, 0.25) is 0 Å². The normalized spacial score (nSPS) is 27.4. The molecule has 5 heteroatoms. The summed E-state index contributed by atoms with van der Waals surface area (Å²) in [7, 11) is 0. The molecule has 3 unspecified atom stereocenters. The number of nitrogens with zero attached hydrogens (tertiary/aromatic N) is 1. The monoisotopic (exact) mass is 313 g/mol. The molecular weight excluding hydrogens is 290 g/mol. The molecule has 1 N–H and O–H groups in total. The van der Waals surface area contributed by atoms with Gasteiger partial charge in [0, 0.05) is 16.8 Å². The molecule has 3 nitrogen and oxygen atoms in total. The number of carbonyl (C=O) groups is 1. The largest absolute Gasteiger partial charge is 0.481 e. The molecule has 0 amide bonds. The van der Waals surface area contributed by atoms with E-state index in [1.807, 2.05) is 5.38 Å². The number of carboxylic acid groups (broad SMARTS) is 1. The van der Waals surface area contributed by atoms with Gasteiger partial charge in [-0.1, -0.05) is 39.0 Å².